The normalized spacial score (nSPS) is 10.5. The van der Waals surface area contributed by atoms with Crippen molar-refractivity contribution in [2.24, 2.45) is 0 Å². The molecule has 0 saturated heterocycles. The van der Waals surface area contributed by atoms with Crippen molar-refractivity contribution in [2.45, 2.75) is 27.3 Å². The van der Waals surface area contributed by atoms with Crippen LogP contribution in [-0.2, 0) is 6.54 Å². The van der Waals surface area contributed by atoms with Gasteiger partial charge in [-0.1, -0.05) is 24.3 Å². The summed E-state index contributed by atoms with van der Waals surface area (Å²) in [5, 5.41) is 13.2. The molecule has 0 aliphatic carbocycles. The lowest BCUT2D eigenvalue weighted by atomic mass is 10.1. The van der Waals surface area contributed by atoms with Crippen molar-refractivity contribution in [2.75, 3.05) is 5.32 Å². The van der Waals surface area contributed by atoms with E-state index in [9.17, 15) is 5.11 Å². The van der Waals surface area contributed by atoms with Crippen LogP contribution in [-0.4, -0.2) is 5.11 Å². The predicted molar refractivity (Wildman–Crippen MR) is 83.8 cm³/mol. The average Bonchev–Trinajstić information content (AvgIpc) is 2.37. The van der Waals surface area contributed by atoms with Gasteiger partial charge in [0, 0.05) is 16.7 Å². The number of rotatable bonds is 3. The molecule has 0 radical (unpaired) electrons. The second kappa shape index (κ2) is 5.66. The van der Waals surface area contributed by atoms with Crippen molar-refractivity contribution < 1.29 is 5.11 Å². The van der Waals surface area contributed by atoms with E-state index < -0.39 is 0 Å². The fourth-order valence-electron chi connectivity index (χ4n) is 2.13. The van der Waals surface area contributed by atoms with Crippen LogP contribution in [0.3, 0.4) is 0 Å². The van der Waals surface area contributed by atoms with E-state index in [1.807, 2.05) is 32.0 Å². The molecule has 0 aliphatic heterocycles. The van der Waals surface area contributed by atoms with Gasteiger partial charge in [-0.3, -0.25) is 0 Å². The Kier molecular flexibility index (Phi) is 4.15. The van der Waals surface area contributed by atoms with E-state index in [4.69, 9.17) is 0 Å². The first-order valence-corrected chi connectivity index (χ1v) is 7.06. The fraction of sp³-hybridized carbons (Fsp3) is 0.250. The van der Waals surface area contributed by atoms with Gasteiger partial charge in [0.1, 0.15) is 5.75 Å². The molecule has 0 aliphatic rings. The third-order valence-electron chi connectivity index (χ3n) is 3.23. The highest BCUT2D eigenvalue weighted by atomic mass is 79.9. The summed E-state index contributed by atoms with van der Waals surface area (Å²) in [6.07, 6.45) is 0. The molecule has 3 heteroatoms. The van der Waals surface area contributed by atoms with Crippen LogP contribution >= 0.6 is 15.9 Å². The maximum absolute atomic E-state index is 9.77. The molecule has 0 spiro atoms. The SMILES string of the molecule is Cc1cc(CNc2cccc(C)c2Br)cc(C)c1O. The molecule has 0 aromatic heterocycles. The molecule has 2 N–H and O–H groups in total. The minimum atomic E-state index is 0.389. The largest absolute Gasteiger partial charge is 0.507 e. The third-order valence-corrected chi connectivity index (χ3v) is 4.28. The molecule has 0 heterocycles. The molecule has 2 nitrogen and oxygen atoms in total. The van der Waals surface area contributed by atoms with Crippen molar-refractivity contribution >= 4 is 21.6 Å². The number of aryl methyl sites for hydroxylation is 3. The van der Waals surface area contributed by atoms with Gasteiger partial charge in [0.2, 0.25) is 0 Å². The molecule has 0 amide bonds. The Morgan fingerprint density at radius 1 is 1.05 bits per heavy atom. The smallest absolute Gasteiger partial charge is 0.121 e. The molecule has 2 aromatic carbocycles. The van der Waals surface area contributed by atoms with E-state index in [1.165, 1.54) is 11.1 Å². The van der Waals surface area contributed by atoms with Crippen LogP contribution in [0.5, 0.6) is 5.75 Å². The van der Waals surface area contributed by atoms with Gasteiger partial charge in [-0.15, -0.1) is 0 Å². The fourth-order valence-corrected chi connectivity index (χ4v) is 2.53. The molecule has 0 atom stereocenters. The summed E-state index contributed by atoms with van der Waals surface area (Å²) in [6, 6.07) is 10.2. The molecule has 2 aromatic rings. The second-order valence-electron chi connectivity index (χ2n) is 4.87. The van der Waals surface area contributed by atoms with Crippen LogP contribution < -0.4 is 5.32 Å². The lowest BCUT2D eigenvalue weighted by Gasteiger charge is -2.12. The van der Waals surface area contributed by atoms with Crippen molar-refractivity contribution in [3.63, 3.8) is 0 Å². The molecule has 0 unspecified atom stereocenters. The Bertz CT molecular complexity index is 585. The Labute approximate surface area is 122 Å². The highest BCUT2D eigenvalue weighted by molar-refractivity contribution is 9.10. The maximum Gasteiger partial charge on any atom is 0.121 e. The number of phenolic OH excluding ortho intramolecular Hbond substituents is 1. The number of anilines is 1. The zero-order chi connectivity index (χ0) is 14.0. The molecular weight excluding hydrogens is 302 g/mol. The van der Waals surface area contributed by atoms with Crippen molar-refractivity contribution in [1.29, 1.82) is 0 Å². The number of phenols is 1. The van der Waals surface area contributed by atoms with Gasteiger partial charge in [-0.2, -0.15) is 0 Å². The number of hydrogen-bond donors (Lipinski definition) is 2. The summed E-state index contributed by atoms with van der Waals surface area (Å²) in [6.45, 7) is 6.66. The van der Waals surface area contributed by atoms with E-state index in [0.29, 0.717) is 5.75 Å². The number of halogens is 1. The zero-order valence-electron chi connectivity index (χ0n) is 11.4. The van der Waals surface area contributed by atoms with Crippen molar-refractivity contribution in [3.05, 3.63) is 57.1 Å². The minimum absolute atomic E-state index is 0.389. The minimum Gasteiger partial charge on any atom is -0.507 e. The van der Waals surface area contributed by atoms with Gasteiger partial charge in [0.05, 0.1) is 0 Å². The molecule has 0 saturated carbocycles. The summed E-state index contributed by atoms with van der Waals surface area (Å²) in [4.78, 5) is 0. The standard InChI is InChI=1S/C16H18BrNO/c1-10-5-4-6-14(15(10)17)18-9-13-7-11(2)16(19)12(3)8-13/h4-8,18-19H,9H2,1-3H3. The molecule has 0 fully saturated rings. The number of hydrogen-bond acceptors (Lipinski definition) is 2. The summed E-state index contributed by atoms with van der Waals surface area (Å²) in [5.74, 6) is 0.389. The van der Waals surface area contributed by atoms with Gasteiger partial charge in [-0.05, 0) is 65.0 Å². The third kappa shape index (κ3) is 3.10. The summed E-state index contributed by atoms with van der Waals surface area (Å²) < 4.78 is 1.10. The quantitative estimate of drug-likeness (QED) is 0.860. The highest BCUT2D eigenvalue weighted by Crippen LogP contribution is 2.27. The van der Waals surface area contributed by atoms with Gasteiger partial charge in [-0.25, -0.2) is 0 Å². The van der Waals surface area contributed by atoms with E-state index >= 15 is 0 Å². The Balaban J connectivity index is 2.17. The van der Waals surface area contributed by atoms with Crippen LogP contribution in [0.1, 0.15) is 22.3 Å². The average molecular weight is 320 g/mol. The lowest BCUT2D eigenvalue weighted by Crippen LogP contribution is -2.01. The number of nitrogens with one attached hydrogen (secondary N) is 1. The summed E-state index contributed by atoms with van der Waals surface area (Å²) in [5.41, 5.74) is 5.30. The van der Waals surface area contributed by atoms with E-state index in [2.05, 4.69) is 40.3 Å². The van der Waals surface area contributed by atoms with Crippen molar-refractivity contribution in [3.8, 4) is 5.75 Å². The van der Waals surface area contributed by atoms with Crippen LogP contribution in [0.25, 0.3) is 0 Å². The Hall–Kier alpha value is -1.48. The van der Waals surface area contributed by atoms with Gasteiger partial charge in [0.15, 0.2) is 0 Å². The number of benzene rings is 2. The molecule has 0 bridgehead atoms. The van der Waals surface area contributed by atoms with Gasteiger partial charge in [0.25, 0.3) is 0 Å². The Morgan fingerprint density at radius 3 is 2.32 bits per heavy atom. The molecule has 2 rings (SSSR count). The monoisotopic (exact) mass is 319 g/mol. The van der Waals surface area contributed by atoms with E-state index in [1.54, 1.807) is 0 Å². The van der Waals surface area contributed by atoms with Crippen molar-refractivity contribution in [1.82, 2.24) is 0 Å². The van der Waals surface area contributed by atoms with Crippen LogP contribution in [0.15, 0.2) is 34.8 Å². The first-order chi connectivity index (χ1) is 8.99. The lowest BCUT2D eigenvalue weighted by molar-refractivity contribution is 0.466. The first kappa shape index (κ1) is 13.9. The van der Waals surface area contributed by atoms with Gasteiger partial charge >= 0.3 is 0 Å². The topological polar surface area (TPSA) is 32.3 Å². The van der Waals surface area contributed by atoms with Crippen LogP contribution in [0.4, 0.5) is 5.69 Å². The van der Waals surface area contributed by atoms with Crippen LogP contribution in [0, 0.1) is 20.8 Å². The predicted octanol–water partition coefficient (Wildman–Crippen LogP) is 4.69. The first-order valence-electron chi connectivity index (χ1n) is 6.27. The zero-order valence-corrected chi connectivity index (χ0v) is 13.0. The summed E-state index contributed by atoms with van der Waals surface area (Å²) in [7, 11) is 0. The number of aromatic hydroxyl groups is 1. The molecular formula is C16H18BrNO. The van der Waals surface area contributed by atoms with E-state index in [-0.39, 0.29) is 0 Å². The molecule has 19 heavy (non-hydrogen) atoms. The molecule has 100 valence electrons. The highest BCUT2D eigenvalue weighted by Gasteiger charge is 2.05. The van der Waals surface area contributed by atoms with Gasteiger partial charge < -0.3 is 10.4 Å². The second-order valence-corrected chi connectivity index (χ2v) is 5.66. The maximum atomic E-state index is 9.77. The van der Waals surface area contributed by atoms with Crippen LogP contribution in [0.2, 0.25) is 0 Å². The summed E-state index contributed by atoms with van der Waals surface area (Å²) >= 11 is 3.59. The Morgan fingerprint density at radius 2 is 1.68 bits per heavy atom. The van der Waals surface area contributed by atoms with E-state index in [0.717, 1.165) is 27.8 Å².